The summed E-state index contributed by atoms with van der Waals surface area (Å²) in [4.78, 5) is 15.0. The minimum atomic E-state index is 0.304. The van der Waals surface area contributed by atoms with E-state index in [0.29, 0.717) is 6.04 Å². The van der Waals surface area contributed by atoms with E-state index in [1.807, 2.05) is 13.0 Å². The maximum absolute atomic E-state index is 5.92. The Morgan fingerprint density at radius 1 is 1.50 bits per heavy atom. The molecule has 2 heterocycles. The molecule has 0 aliphatic carbocycles. The van der Waals surface area contributed by atoms with E-state index in [0.717, 1.165) is 43.1 Å². The van der Waals surface area contributed by atoms with Crippen LogP contribution in [0.25, 0.3) is 0 Å². The van der Waals surface area contributed by atoms with Crippen LogP contribution in [-0.4, -0.2) is 37.0 Å². The lowest BCUT2D eigenvalue weighted by atomic mass is 10.1. The summed E-state index contributed by atoms with van der Waals surface area (Å²) in [6.45, 7) is 7.34. The molecule has 1 aromatic heterocycles. The molecule has 5 nitrogen and oxygen atoms in total. The number of piperidine rings is 1. The van der Waals surface area contributed by atoms with Gasteiger partial charge < -0.3 is 10.6 Å². The summed E-state index contributed by atoms with van der Waals surface area (Å²) < 4.78 is 0. The highest BCUT2D eigenvalue weighted by atomic mass is 15.2. The first kappa shape index (κ1) is 12.7. The van der Waals surface area contributed by atoms with Gasteiger partial charge in [0.25, 0.3) is 0 Å². The molecule has 0 bridgehead atoms. The van der Waals surface area contributed by atoms with Gasteiger partial charge in [0, 0.05) is 31.5 Å². The van der Waals surface area contributed by atoms with E-state index in [4.69, 9.17) is 5.73 Å². The number of aromatic nitrogens is 1. The van der Waals surface area contributed by atoms with E-state index < -0.39 is 0 Å². The molecule has 0 amide bonds. The minimum absolute atomic E-state index is 0.304. The summed E-state index contributed by atoms with van der Waals surface area (Å²) in [5, 5.41) is 0. The second-order valence-electron chi connectivity index (χ2n) is 4.37. The van der Waals surface area contributed by atoms with Gasteiger partial charge in [0.15, 0.2) is 5.82 Å². The number of aliphatic imine (C=N–C) groups is 2. The van der Waals surface area contributed by atoms with Gasteiger partial charge in [-0.25, -0.2) is 4.98 Å². The van der Waals surface area contributed by atoms with Gasteiger partial charge in [-0.15, -0.1) is 0 Å². The van der Waals surface area contributed by atoms with Crippen molar-refractivity contribution in [2.45, 2.75) is 25.8 Å². The number of hydrogen-bond donors (Lipinski definition) is 1. The molecule has 1 aliphatic heterocycles. The quantitative estimate of drug-likeness (QED) is 0.829. The Labute approximate surface area is 107 Å². The molecule has 2 N–H and O–H groups in total. The Bertz CT molecular complexity index is 447. The van der Waals surface area contributed by atoms with Crippen molar-refractivity contribution in [2.75, 3.05) is 18.0 Å². The van der Waals surface area contributed by atoms with E-state index in [1.54, 1.807) is 12.4 Å². The average molecular weight is 245 g/mol. The fourth-order valence-corrected chi connectivity index (χ4v) is 2.17. The van der Waals surface area contributed by atoms with Gasteiger partial charge in [-0.3, -0.25) is 9.98 Å². The smallest absolute Gasteiger partial charge is 0.156 e. The van der Waals surface area contributed by atoms with E-state index in [9.17, 15) is 0 Å². The van der Waals surface area contributed by atoms with Crippen molar-refractivity contribution in [1.82, 2.24) is 4.98 Å². The highest BCUT2D eigenvalue weighted by molar-refractivity contribution is 5.79. The van der Waals surface area contributed by atoms with Crippen LogP contribution in [0.4, 0.5) is 17.2 Å². The van der Waals surface area contributed by atoms with Gasteiger partial charge in [-0.05, 0) is 32.5 Å². The van der Waals surface area contributed by atoms with Gasteiger partial charge in [0.05, 0.1) is 5.69 Å². The number of anilines is 1. The van der Waals surface area contributed by atoms with Crippen LogP contribution in [0.15, 0.2) is 22.2 Å². The molecule has 5 heteroatoms. The molecule has 1 aliphatic rings. The predicted octanol–water partition coefficient (Wildman–Crippen LogP) is 2.06. The summed E-state index contributed by atoms with van der Waals surface area (Å²) in [5.74, 6) is 0.861. The molecular weight excluding hydrogens is 226 g/mol. The van der Waals surface area contributed by atoms with Gasteiger partial charge in [0.1, 0.15) is 5.69 Å². The van der Waals surface area contributed by atoms with Crippen LogP contribution in [0.5, 0.6) is 0 Å². The molecule has 0 unspecified atom stereocenters. The summed E-state index contributed by atoms with van der Waals surface area (Å²) in [6, 6.07) is 2.15. The zero-order chi connectivity index (χ0) is 13.0. The van der Waals surface area contributed by atoms with Crippen LogP contribution in [0, 0.1) is 0 Å². The van der Waals surface area contributed by atoms with Crippen LogP contribution in [0.1, 0.15) is 19.8 Å². The normalized spacial score (nSPS) is 17.3. The number of nitrogens with two attached hydrogens (primary N) is 1. The zero-order valence-corrected chi connectivity index (χ0v) is 10.7. The van der Waals surface area contributed by atoms with E-state index in [1.165, 1.54) is 0 Å². The first-order valence-corrected chi connectivity index (χ1v) is 6.21. The maximum atomic E-state index is 5.92. The zero-order valence-electron chi connectivity index (χ0n) is 10.7. The minimum Gasteiger partial charge on any atom is -0.355 e. The summed E-state index contributed by atoms with van der Waals surface area (Å²) in [7, 11) is 0. The molecule has 0 saturated carbocycles. The first-order valence-electron chi connectivity index (χ1n) is 6.21. The molecule has 18 heavy (non-hydrogen) atoms. The fourth-order valence-electron chi connectivity index (χ4n) is 2.17. The number of rotatable bonds is 3. The topological polar surface area (TPSA) is 66.9 Å². The summed E-state index contributed by atoms with van der Waals surface area (Å²) >= 11 is 0. The van der Waals surface area contributed by atoms with Gasteiger partial charge in [-0.1, -0.05) is 0 Å². The van der Waals surface area contributed by atoms with Crippen molar-refractivity contribution >= 4 is 30.1 Å². The Hall–Kier alpha value is -1.75. The molecule has 0 atom stereocenters. The Morgan fingerprint density at radius 3 is 2.83 bits per heavy atom. The lowest BCUT2D eigenvalue weighted by Gasteiger charge is -2.31. The standard InChI is InChI=1S/C13H19N5/c1-3-16-11-4-7-17-13(12(11)15-2)18-8-5-10(14)6-9-18/h3-4,7,10H,2,5-6,8-9,14H2,1H3. The van der Waals surface area contributed by atoms with E-state index >= 15 is 0 Å². The third-order valence-corrected chi connectivity index (χ3v) is 3.15. The van der Waals surface area contributed by atoms with Crippen molar-refractivity contribution in [1.29, 1.82) is 0 Å². The van der Waals surface area contributed by atoms with Crippen LogP contribution in [0.3, 0.4) is 0 Å². The number of pyridine rings is 1. The van der Waals surface area contributed by atoms with Crippen LogP contribution in [-0.2, 0) is 0 Å². The molecule has 0 radical (unpaired) electrons. The molecule has 2 rings (SSSR count). The lowest BCUT2D eigenvalue weighted by molar-refractivity contribution is 0.499. The Balaban J connectivity index is 2.32. The average Bonchev–Trinajstić information content (AvgIpc) is 2.40. The SMILES string of the molecule is C=Nc1c(N=CC)ccnc1N1CCC(N)CC1. The van der Waals surface area contributed by atoms with E-state index in [-0.39, 0.29) is 0 Å². The molecule has 96 valence electrons. The summed E-state index contributed by atoms with van der Waals surface area (Å²) in [5.41, 5.74) is 7.48. The van der Waals surface area contributed by atoms with Gasteiger partial charge in [-0.2, -0.15) is 0 Å². The van der Waals surface area contributed by atoms with Crippen LogP contribution in [0.2, 0.25) is 0 Å². The van der Waals surface area contributed by atoms with E-state index in [2.05, 4.69) is 26.6 Å². The monoisotopic (exact) mass is 245 g/mol. The maximum Gasteiger partial charge on any atom is 0.156 e. The molecule has 1 fully saturated rings. The van der Waals surface area contributed by atoms with Crippen LogP contribution < -0.4 is 10.6 Å². The predicted molar refractivity (Wildman–Crippen MR) is 76.7 cm³/mol. The Kier molecular flexibility index (Phi) is 4.04. The third kappa shape index (κ3) is 2.56. The highest BCUT2D eigenvalue weighted by Crippen LogP contribution is 2.36. The molecule has 1 aromatic rings. The van der Waals surface area contributed by atoms with Crippen molar-refractivity contribution in [3.8, 4) is 0 Å². The van der Waals surface area contributed by atoms with Crippen molar-refractivity contribution in [2.24, 2.45) is 15.7 Å². The van der Waals surface area contributed by atoms with Crippen LogP contribution >= 0.6 is 0 Å². The second kappa shape index (κ2) is 5.73. The van der Waals surface area contributed by atoms with Crippen molar-refractivity contribution in [3.63, 3.8) is 0 Å². The lowest BCUT2D eigenvalue weighted by Crippen LogP contribution is -2.40. The fraction of sp³-hybridized carbons (Fsp3) is 0.462. The molecule has 0 aromatic carbocycles. The molecular formula is C13H19N5. The largest absolute Gasteiger partial charge is 0.355 e. The summed E-state index contributed by atoms with van der Waals surface area (Å²) in [6.07, 6.45) is 5.49. The number of hydrogen-bond acceptors (Lipinski definition) is 5. The van der Waals surface area contributed by atoms with Crippen molar-refractivity contribution < 1.29 is 0 Å². The third-order valence-electron chi connectivity index (χ3n) is 3.15. The molecule has 0 spiro atoms. The van der Waals surface area contributed by atoms with Gasteiger partial charge >= 0.3 is 0 Å². The van der Waals surface area contributed by atoms with Crippen molar-refractivity contribution in [3.05, 3.63) is 12.3 Å². The molecule has 1 saturated heterocycles. The Morgan fingerprint density at radius 2 is 2.22 bits per heavy atom. The first-order chi connectivity index (χ1) is 8.76. The van der Waals surface area contributed by atoms with Gasteiger partial charge in [0.2, 0.25) is 0 Å². The highest BCUT2D eigenvalue weighted by Gasteiger charge is 2.20. The number of nitrogens with zero attached hydrogens (tertiary/aromatic N) is 4. The second-order valence-corrected chi connectivity index (χ2v) is 4.37.